The topological polar surface area (TPSA) is 76.7 Å². The third-order valence-electron chi connectivity index (χ3n) is 2.97. The number of hydrogen-bond acceptors (Lipinski definition) is 4. The van der Waals surface area contributed by atoms with Crippen molar-refractivity contribution < 1.29 is 32.2 Å². The molecule has 1 aromatic carbocycles. The number of cyclic esters (lactones) is 1. The minimum atomic E-state index is -4.82. The van der Waals surface area contributed by atoms with Crippen LogP contribution in [0.15, 0.2) is 24.3 Å². The van der Waals surface area contributed by atoms with Crippen molar-refractivity contribution in [1.82, 2.24) is 10.6 Å². The molecule has 6 nitrogen and oxygen atoms in total. The van der Waals surface area contributed by atoms with Crippen LogP contribution in [0.1, 0.15) is 12.5 Å². The molecule has 2 amide bonds. The number of para-hydroxylation sites is 1. The fraction of sp³-hybridized carbons (Fsp3) is 0.385. The number of carbonyl (C=O) groups is 2. The number of amides is 2. The Labute approximate surface area is 123 Å². The van der Waals surface area contributed by atoms with Gasteiger partial charge in [-0.05, 0) is 13.0 Å². The Hall–Kier alpha value is -2.45. The molecule has 1 saturated heterocycles. The van der Waals surface area contributed by atoms with Crippen LogP contribution in [0.4, 0.5) is 18.0 Å². The van der Waals surface area contributed by atoms with E-state index in [0.29, 0.717) is 0 Å². The largest absolute Gasteiger partial charge is 0.573 e. The third-order valence-corrected chi connectivity index (χ3v) is 2.97. The zero-order valence-corrected chi connectivity index (χ0v) is 11.4. The van der Waals surface area contributed by atoms with Crippen molar-refractivity contribution in [2.45, 2.75) is 32.0 Å². The Bertz CT molecular complexity index is 577. The first-order valence-corrected chi connectivity index (χ1v) is 6.35. The molecule has 2 N–H and O–H groups in total. The van der Waals surface area contributed by atoms with Crippen molar-refractivity contribution in [1.29, 1.82) is 0 Å². The lowest BCUT2D eigenvalue weighted by molar-refractivity contribution is -0.274. The zero-order chi connectivity index (χ0) is 16.3. The SMILES string of the molecule is C[C@H]1OC(=O)N[C@@H]1C(=O)NCc1ccccc1OC(F)(F)F. The van der Waals surface area contributed by atoms with Gasteiger partial charge in [0.1, 0.15) is 17.9 Å². The summed E-state index contributed by atoms with van der Waals surface area (Å²) in [7, 11) is 0. The summed E-state index contributed by atoms with van der Waals surface area (Å²) < 4.78 is 45.5. The number of hydrogen-bond donors (Lipinski definition) is 2. The second-order valence-electron chi connectivity index (χ2n) is 4.61. The van der Waals surface area contributed by atoms with Crippen LogP contribution in [-0.2, 0) is 16.1 Å². The second-order valence-corrected chi connectivity index (χ2v) is 4.61. The molecule has 0 aliphatic carbocycles. The predicted octanol–water partition coefficient (Wildman–Crippen LogP) is 1.70. The number of ether oxygens (including phenoxy) is 2. The molecule has 1 aliphatic heterocycles. The first kappa shape index (κ1) is 15.9. The standard InChI is InChI=1S/C13H13F3N2O4/c1-7-10(18-12(20)21-7)11(19)17-6-8-4-2-3-5-9(8)22-13(14,15)16/h2-5,7,10H,6H2,1H3,(H,17,19)(H,18,20)/t7-,10+/m1/s1. The van der Waals surface area contributed by atoms with E-state index in [1.54, 1.807) is 0 Å². The fourth-order valence-corrected chi connectivity index (χ4v) is 1.96. The molecular weight excluding hydrogens is 305 g/mol. The van der Waals surface area contributed by atoms with E-state index in [1.165, 1.54) is 25.1 Å². The molecule has 2 rings (SSSR count). The van der Waals surface area contributed by atoms with Crippen molar-refractivity contribution in [3.8, 4) is 5.75 Å². The Morgan fingerprint density at radius 1 is 1.41 bits per heavy atom. The lowest BCUT2D eigenvalue weighted by Crippen LogP contribution is -2.45. The molecule has 1 heterocycles. The Balaban J connectivity index is 2.00. The maximum absolute atomic E-state index is 12.3. The summed E-state index contributed by atoms with van der Waals surface area (Å²) in [4.78, 5) is 22.9. The Morgan fingerprint density at radius 3 is 2.68 bits per heavy atom. The van der Waals surface area contributed by atoms with Gasteiger partial charge in [0.15, 0.2) is 0 Å². The molecule has 2 atom stereocenters. The van der Waals surface area contributed by atoms with E-state index >= 15 is 0 Å². The van der Waals surface area contributed by atoms with E-state index in [0.717, 1.165) is 6.07 Å². The van der Waals surface area contributed by atoms with Gasteiger partial charge < -0.3 is 20.1 Å². The summed E-state index contributed by atoms with van der Waals surface area (Å²) in [5, 5.41) is 4.75. The highest BCUT2D eigenvalue weighted by atomic mass is 19.4. The van der Waals surface area contributed by atoms with Gasteiger partial charge in [-0.1, -0.05) is 18.2 Å². The number of nitrogens with one attached hydrogen (secondary N) is 2. The molecular formula is C13H13F3N2O4. The van der Waals surface area contributed by atoms with Crippen molar-refractivity contribution in [2.75, 3.05) is 0 Å². The Kier molecular flexibility index (Phi) is 4.43. The summed E-state index contributed by atoms with van der Waals surface area (Å²) in [6.07, 6.45) is -6.19. The van der Waals surface area contributed by atoms with Crippen molar-refractivity contribution in [3.63, 3.8) is 0 Å². The normalized spacial score (nSPS) is 21.0. The van der Waals surface area contributed by atoms with Crippen LogP contribution in [0.2, 0.25) is 0 Å². The summed E-state index contributed by atoms with van der Waals surface area (Å²) in [5.74, 6) is -0.949. The van der Waals surface area contributed by atoms with E-state index in [9.17, 15) is 22.8 Å². The molecule has 22 heavy (non-hydrogen) atoms. The van der Waals surface area contributed by atoms with Crippen molar-refractivity contribution in [3.05, 3.63) is 29.8 Å². The van der Waals surface area contributed by atoms with Gasteiger partial charge >= 0.3 is 12.5 Å². The molecule has 1 aliphatic rings. The van der Waals surface area contributed by atoms with E-state index < -0.39 is 36.3 Å². The maximum atomic E-state index is 12.3. The number of benzene rings is 1. The summed E-state index contributed by atoms with van der Waals surface area (Å²) in [5.41, 5.74) is 0.158. The van der Waals surface area contributed by atoms with Crippen LogP contribution in [0.25, 0.3) is 0 Å². The van der Waals surface area contributed by atoms with E-state index in [-0.39, 0.29) is 12.1 Å². The predicted molar refractivity (Wildman–Crippen MR) is 67.8 cm³/mol. The first-order chi connectivity index (χ1) is 10.3. The molecule has 9 heteroatoms. The highest BCUT2D eigenvalue weighted by Gasteiger charge is 2.36. The molecule has 0 radical (unpaired) electrons. The van der Waals surface area contributed by atoms with Crippen LogP contribution >= 0.6 is 0 Å². The lowest BCUT2D eigenvalue weighted by Gasteiger charge is -2.15. The smallest absolute Gasteiger partial charge is 0.444 e. The van der Waals surface area contributed by atoms with Crippen LogP contribution < -0.4 is 15.4 Å². The van der Waals surface area contributed by atoms with Crippen LogP contribution in [0.5, 0.6) is 5.75 Å². The molecule has 1 fully saturated rings. The molecule has 0 bridgehead atoms. The quantitative estimate of drug-likeness (QED) is 0.886. The molecule has 120 valence electrons. The summed E-state index contributed by atoms with van der Waals surface area (Å²) in [6, 6.07) is 4.57. The molecule has 0 aromatic heterocycles. The van der Waals surface area contributed by atoms with Crippen molar-refractivity contribution in [2.24, 2.45) is 0 Å². The van der Waals surface area contributed by atoms with Gasteiger partial charge in [0.05, 0.1) is 0 Å². The van der Waals surface area contributed by atoms with Crippen LogP contribution in [0, 0.1) is 0 Å². The lowest BCUT2D eigenvalue weighted by atomic mass is 10.1. The van der Waals surface area contributed by atoms with Gasteiger partial charge in [-0.15, -0.1) is 13.2 Å². The van der Waals surface area contributed by atoms with Gasteiger partial charge in [0.2, 0.25) is 5.91 Å². The summed E-state index contributed by atoms with van der Waals surface area (Å²) in [6.45, 7) is 1.35. The molecule has 0 unspecified atom stereocenters. The monoisotopic (exact) mass is 318 g/mol. The number of alkyl halides is 3. The number of alkyl carbamates (subject to hydrolysis) is 1. The van der Waals surface area contributed by atoms with E-state index in [1.807, 2.05) is 0 Å². The van der Waals surface area contributed by atoms with Gasteiger partial charge in [-0.25, -0.2) is 4.79 Å². The zero-order valence-electron chi connectivity index (χ0n) is 11.4. The maximum Gasteiger partial charge on any atom is 0.573 e. The minimum Gasteiger partial charge on any atom is -0.444 e. The van der Waals surface area contributed by atoms with Crippen LogP contribution in [-0.4, -0.2) is 30.5 Å². The number of carbonyl (C=O) groups excluding carboxylic acids is 2. The summed E-state index contributed by atoms with van der Waals surface area (Å²) >= 11 is 0. The fourth-order valence-electron chi connectivity index (χ4n) is 1.96. The van der Waals surface area contributed by atoms with Gasteiger partial charge in [0.25, 0.3) is 0 Å². The minimum absolute atomic E-state index is 0.158. The third kappa shape index (κ3) is 4.03. The van der Waals surface area contributed by atoms with Gasteiger partial charge in [-0.2, -0.15) is 0 Å². The second kappa shape index (κ2) is 6.12. The first-order valence-electron chi connectivity index (χ1n) is 6.35. The number of halogens is 3. The molecule has 1 aromatic rings. The number of rotatable bonds is 4. The molecule has 0 spiro atoms. The van der Waals surface area contributed by atoms with E-state index in [2.05, 4.69) is 15.4 Å². The average molecular weight is 318 g/mol. The van der Waals surface area contributed by atoms with Crippen molar-refractivity contribution >= 4 is 12.0 Å². The molecule has 0 saturated carbocycles. The van der Waals surface area contributed by atoms with E-state index in [4.69, 9.17) is 4.74 Å². The average Bonchev–Trinajstić information content (AvgIpc) is 2.75. The highest BCUT2D eigenvalue weighted by Crippen LogP contribution is 2.26. The Morgan fingerprint density at radius 2 is 2.09 bits per heavy atom. The van der Waals surface area contributed by atoms with Gasteiger partial charge in [-0.3, -0.25) is 4.79 Å². The van der Waals surface area contributed by atoms with Crippen LogP contribution in [0.3, 0.4) is 0 Å². The van der Waals surface area contributed by atoms with Gasteiger partial charge in [0, 0.05) is 12.1 Å². The highest BCUT2D eigenvalue weighted by molar-refractivity contribution is 5.88.